The molecule has 0 saturated heterocycles. The number of nitrogens with two attached hydrogens (primary N) is 1. The maximum atomic E-state index is 10.6. The zero-order chi connectivity index (χ0) is 17.0. The Hall–Kier alpha value is -0.710. The van der Waals surface area contributed by atoms with E-state index in [0.29, 0.717) is 16.6 Å². The van der Waals surface area contributed by atoms with Crippen LogP contribution in [0.2, 0.25) is 10.0 Å². The Kier molecular flexibility index (Phi) is 6.40. The van der Waals surface area contributed by atoms with E-state index < -0.39 is 5.60 Å². The van der Waals surface area contributed by atoms with E-state index in [1.165, 1.54) is 0 Å². The molecule has 23 heavy (non-hydrogen) atoms. The molecule has 0 aromatic heterocycles. The lowest BCUT2D eigenvalue weighted by Gasteiger charge is -2.30. The predicted octanol–water partition coefficient (Wildman–Crippen LogP) is 5.09. The quantitative estimate of drug-likeness (QED) is 0.697. The van der Waals surface area contributed by atoms with E-state index in [0.717, 1.165) is 21.8 Å². The number of thioether (sulfide) groups is 1. The Bertz CT molecular complexity index is 659. The van der Waals surface area contributed by atoms with Crippen molar-refractivity contribution in [3.05, 3.63) is 63.6 Å². The fourth-order valence-electron chi connectivity index (χ4n) is 2.20. The molecule has 0 aliphatic heterocycles. The summed E-state index contributed by atoms with van der Waals surface area (Å²) < 4.78 is 0. The molecule has 0 heterocycles. The highest BCUT2D eigenvalue weighted by molar-refractivity contribution is 7.98. The molecule has 0 aliphatic carbocycles. The lowest BCUT2D eigenvalue weighted by molar-refractivity contribution is 0.00515. The van der Waals surface area contributed by atoms with Crippen molar-refractivity contribution >= 4 is 35.0 Å². The topological polar surface area (TPSA) is 46.2 Å². The zero-order valence-corrected chi connectivity index (χ0v) is 15.6. The highest BCUT2D eigenvalue weighted by Gasteiger charge is 2.29. The lowest BCUT2D eigenvalue weighted by atomic mass is 9.84. The maximum absolute atomic E-state index is 10.6. The second kappa shape index (κ2) is 7.91. The van der Waals surface area contributed by atoms with Crippen LogP contribution in [0.25, 0.3) is 0 Å². The van der Waals surface area contributed by atoms with Crippen LogP contribution in [-0.4, -0.2) is 11.7 Å². The van der Waals surface area contributed by atoms with Gasteiger partial charge in [0, 0.05) is 26.6 Å². The van der Waals surface area contributed by atoms with Crippen molar-refractivity contribution in [3.63, 3.8) is 0 Å². The van der Waals surface area contributed by atoms with Crippen LogP contribution >= 0.6 is 35.0 Å². The summed E-state index contributed by atoms with van der Waals surface area (Å²) in [5.74, 6) is 0.763. The molecule has 0 fully saturated rings. The first-order valence-corrected chi connectivity index (χ1v) is 9.18. The van der Waals surface area contributed by atoms with Gasteiger partial charge in [0.15, 0.2) is 0 Å². The molecule has 2 nitrogen and oxygen atoms in total. The molecular weight excluding hydrogens is 349 g/mol. The van der Waals surface area contributed by atoms with Gasteiger partial charge >= 0.3 is 0 Å². The SMILES string of the molecule is CC(CN)C(C)(O)c1ccc(SCc2ccc(Cl)cc2Cl)cc1. The predicted molar refractivity (Wildman–Crippen MR) is 100 cm³/mol. The van der Waals surface area contributed by atoms with Gasteiger partial charge in [-0.25, -0.2) is 0 Å². The van der Waals surface area contributed by atoms with Gasteiger partial charge < -0.3 is 10.8 Å². The Morgan fingerprint density at radius 1 is 1.17 bits per heavy atom. The van der Waals surface area contributed by atoms with Gasteiger partial charge in [-0.3, -0.25) is 0 Å². The van der Waals surface area contributed by atoms with E-state index >= 15 is 0 Å². The summed E-state index contributed by atoms with van der Waals surface area (Å²) in [7, 11) is 0. The molecule has 0 saturated carbocycles. The number of benzene rings is 2. The molecule has 2 aromatic rings. The number of aliphatic hydroxyl groups is 1. The molecule has 124 valence electrons. The molecule has 0 amide bonds. The van der Waals surface area contributed by atoms with E-state index in [2.05, 4.69) is 0 Å². The monoisotopic (exact) mass is 369 g/mol. The maximum Gasteiger partial charge on any atom is 0.0905 e. The summed E-state index contributed by atoms with van der Waals surface area (Å²) >= 11 is 13.8. The second-order valence-electron chi connectivity index (χ2n) is 5.83. The Morgan fingerprint density at radius 2 is 1.83 bits per heavy atom. The van der Waals surface area contributed by atoms with E-state index in [4.69, 9.17) is 28.9 Å². The normalized spacial score (nSPS) is 15.2. The summed E-state index contributed by atoms with van der Waals surface area (Å²) in [4.78, 5) is 1.12. The summed E-state index contributed by atoms with van der Waals surface area (Å²) in [5.41, 5.74) is 6.69. The number of rotatable bonds is 6. The smallest absolute Gasteiger partial charge is 0.0905 e. The number of hydrogen-bond acceptors (Lipinski definition) is 3. The minimum absolute atomic E-state index is 0.00567. The van der Waals surface area contributed by atoms with Crippen molar-refractivity contribution in [3.8, 4) is 0 Å². The minimum atomic E-state index is -0.919. The first-order chi connectivity index (χ1) is 10.8. The first-order valence-electron chi connectivity index (χ1n) is 7.44. The fourth-order valence-corrected chi connectivity index (χ4v) is 3.66. The van der Waals surface area contributed by atoms with Crippen molar-refractivity contribution < 1.29 is 5.11 Å². The zero-order valence-electron chi connectivity index (χ0n) is 13.2. The molecule has 3 N–H and O–H groups in total. The van der Waals surface area contributed by atoms with Crippen LogP contribution in [0.5, 0.6) is 0 Å². The Labute approximate surface area is 152 Å². The van der Waals surface area contributed by atoms with Crippen molar-refractivity contribution in [1.29, 1.82) is 0 Å². The van der Waals surface area contributed by atoms with Crippen LogP contribution < -0.4 is 5.73 Å². The highest BCUT2D eigenvalue weighted by atomic mass is 35.5. The molecule has 5 heteroatoms. The summed E-state index contributed by atoms with van der Waals surface area (Å²) in [6.07, 6.45) is 0. The fraction of sp³-hybridized carbons (Fsp3) is 0.333. The van der Waals surface area contributed by atoms with Crippen LogP contribution in [-0.2, 0) is 11.4 Å². The summed E-state index contributed by atoms with van der Waals surface area (Å²) in [6, 6.07) is 13.5. The third-order valence-corrected chi connectivity index (χ3v) is 5.81. The lowest BCUT2D eigenvalue weighted by Crippen LogP contribution is -2.34. The van der Waals surface area contributed by atoms with E-state index in [-0.39, 0.29) is 5.92 Å². The molecular formula is C18H21Cl2NOS. The molecule has 2 aromatic carbocycles. The van der Waals surface area contributed by atoms with Crippen LogP contribution in [0.15, 0.2) is 47.4 Å². The van der Waals surface area contributed by atoms with Gasteiger partial charge in [-0.2, -0.15) is 0 Å². The summed E-state index contributed by atoms with van der Waals surface area (Å²) in [5, 5.41) is 11.9. The molecule has 0 bridgehead atoms. The molecule has 0 spiro atoms. The van der Waals surface area contributed by atoms with Gasteiger partial charge in [-0.05, 0) is 48.9 Å². The van der Waals surface area contributed by atoms with Crippen LogP contribution in [0.1, 0.15) is 25.0 Å². The van der Waals surface area contributed by atoms with Gasteiger partial charge in [0.2, 0.25) is 0 Å². The van der Waals surface area contributed by atoms with Crippen molar-refractivity contribution in [2.24, 2.45) is 11.7 Å². The van der Waals surface area contributed by atoms with E-state index in [9.17, 15) is 5.11 Å². The van der Waals surface area contributed by atoms with Gasteiger partial charge in [0.05, 0.1) is 5.60 Å². The Balaban J connectivity index is 2.05. The van der Waals surface area contributed by atoms with Crippen molar-refractivity contribution in [1.82, 2.24) is 0 Å². The van der Waals surface area contributed by atoms with Gasteiger partial charge in [0.1, 0.15) is 0 Å². The van der Waals surface area contributed by atoms with Crippen molar-refractivity contribution in [2.75, 3.05) is 6.54 Å². The molecule has 0 aliphatic rings. The van der Waals surface area contributed by atoms with E-state index in [1.807, 2.05) is 43.3 Å². The van der Waals surface area contributed by atoms with Gasteiger partial charge in [-0.15, -0.1) is 11.8 Å². The standard InChI is InChI=1S/C18H21Cl2NOS/c1-12(10-21)18(2,22)14-4-7-16(8-5-14)23-11-13-3-6-15(19)9-17(13)20/h3-9,12,22H,10-11,21H2,1-2H3. The van der Waals surface area contributed by atoms with Crippen LogP contribution in [0, 0.1) is 5.92 Å². The van der Waals surface area contributed by atoms with E-state index in [1.54, 1.807) is 24.8 Å². The average molecular weight is 370 g/mol. The molecule has 0 radical (unpaired) electrons. The third kappa shape index (κ3) is 4.65. The highest BCUT2D eigenvalue weighted by Crippen LogP contribution is 2.32. The third-order valence-electron chi connectivity index (χ3n) is 4.16. The molecule has 2 unspecified atom stereocenters. The first kappa shape index (κ1) is 18.6. The largest absolute Gasteiger partial charge is 0.385 e. The average Bonchev–Trinajstić information content (AvgIpc) is 2.53. The molecule has 2 rings (SSSR count). The van der Waals surface area contributed by atoms with Crippen LogP contribution in [0.3, 0.4) is 0 Å². The number of halogens is 2. The second-order valence-corrected chi connectivity index (χ2v) is 7.73. The van der Waals surface area contributed by atoms with Crippen molar-refractivity contribution in [2.45, 2.75) is 30.1 Å². The minimum Gasteiger partial charge on any atom is -0.385 e. The number of hydrogen-bond donors (Lipinski definition) is 2. The van der Waals surface area contributed by atoms with Gasteiger partial charge in [0.25, 0.3) is 0 Å². The molecule has 2 atom stereocenters. The van der Waals surface area contributed by atoms with Gasteiger partial charge in [-0.1, -0.05) is 48.3 Å². The van der Waals surface area contributed by atoms with Crippen LogP contribution in [0.4, 0.5) is 0 Å². The Morgan fingerprint density at radius 3 is 2.39 bits per heavy atom. The summed E-state index contributed by atoms with van der Waals surface area (Å²) in [6.45, 7) is 4.20.